The Morgan fingerprint density at radius 3 is 2.23 bits per heavy atom. The molecule has 0 aliphatic heterocycles. The van der Waals surface area contributed by atoms with Crippen LogP contribution in [0.2, 0.25) is 5.02 Å². The van der Waals surface area contributed by atoms with Gasteiger partial charge >= 0.3 is 12.3 Å². The summed E-state index contributed by atoms with van der Waals surface area (Å²) in [4.78, 5) is 40.4. The van der Waals surface area contributed by atoms with Crippen molar-refractivity contribution in [2.75, 3.05) is 19.0 Å². The van der Waals surface area contributed by atoms with Crippen molar-refractivity contribution in [3.05, 3.63) is 92.5 Å². The smallest absolute Gasteiger partial charge is 0.416 e. The van der Waals surface area contributed by atoms with Crippen molar-refractivity contribution >= 4 is 35.1 Å². The Labute approximate surface area is 268 Å². The number of nitriles is 1. The molecule has 3 aromatic carbocycles. The normalized spacial score (nSPS) is 11.6. The van der Waals surface area contributed by atoms with Gasteiger partial charge in [-0.3, -0.25) is 14.5 Å². The number of ether oxygens (including phenoxy) is 2. The van der Waals surface area contributed by atoms with Gasteiger partial charge in [0, 0.05) is 16.7 Å². The standard InChI is InChI=1S/C31H25ClF7N3O5/c1-30(2,3)47-29(45)42(14-24(35)36)13-16-9-23(41-28(44)15-7-17(31(37,38)39)10-19(34)8-15)25(21(12-40)27(16)46-4)26(43)20-11-18(33)5-6-22(20)32/h5-11,24H,13-14H2,1-4H3,(H,41,44). The topological polar surface area (TPSA) is 109 Å². The largest absolute Gasteiger partial charge is 0.495 e. The Hall–Kier alpha value is -4.84. The molecule has 0 aliphatic carbocycles. The minimum atomic E-state index is -5.05. The third-order valence-corrected chi connectivity index (χ3v) is 6.51. The first kappa shape index (κ1) is 36.6. The maximum absolute atomic E-state index is 14.2. The summed E-state index contributed by atoms with van der Waals surface area (Å²) in [5.74, 6) is -5.36. The van der Waals surface area contributed by atoms with Crippen LogP contribution in [0.1, 0.15) is 63.7 Å². The first-order valence-corrected chi connectivity index (χ1v) is 13.7. The van der Waals surface area contributed by atoms with Crippen LogP contribution >= 0.6 is 11.6 Å². The van der Waals surface area contributed by atoms with Crippen molar-refractivity contribution < 1.29 is 54.6 Å². The predicted octanol–water partition coefficient (Wildman–Crippen LogP) is 8.00. The van der Waals surface area contributed by atoms with Crippen LogP contribution in [0.5, 0.6) is 5.75 Å². The molecule has 3 aromatic rings. The van der Waals surface area contributed by atoms with E-state index < -0.39 is 100.0 Å². The second-order valence-corrected chi connectivity index (χ2v) is 11.3. The Morgan fingerprint density at radius 2 is 1.68 bits per heavy atom. The number of hydrogen-bond acceptors (Lipinski definition) is 6. The van der Waals surface area contributed by atoms with E-state index in [4.69, 9.17) is 21.1 Å². The molecule has 0 atom stereocenters. The first-order chi connectivity index (χ1) is 21.7. The molecule has 1 N–H and O–H groups in total. The third-order valence-electron chi connectivity index (χ3n) is 6.18. The highest BCUT2D eigenvalue weighted by Crippen LogP contribution is 2.37. The number of methoxy groups -OCH3 is 1. The van der Waals surface area contributed by atoms with Crippen molar-refractivity contribution in [1.29, 1.82) is 5.26 Å². The molecule has 3 rings (SSSR count). The van der Waals surface area contributed by atoms with E-state index in [0.717, 1.165) is 25.3 Å². The van der Waals surface area contributed by atoms with Gasteiger partial charge in [-0.15, -0.1) is 0 Å². The molecule has 0 spiro atoms. The van der Waals surface area contributed by atoms with Crippen LogP contribution in [0.3, 0.4) is 0 Å². The molecule has 0 heterocycles. The molecule has 0 aliphatic rings. The molecule has 16 heteroatoms. The Balaban J connectivity index is 2.30. The van der Waals surface area contributed by atoms with E-state index >= 15 is 0 Å². The van der Waals surface area contributed by atoms with Crippen molar-refractivity contribution in [2.24, 2.45) is 0 Å². The van der Waals surface area contributed by atoms with Crippen molar-refractivity contribution in [1.82, 2.24) is 4.90 Å². The lowest BCUT2D eigenvalue weighted by molar-refractivity contribution is -0.137. The van der Waals surface area contributed by atoms with Gasteiger partial charge in [-0.1, -0.05) is 11.6 Å². The van der Waals surface area contributed by atoms with Crippen LogP contribution in [0, 0.1) is 23.0 Å². The monoisotopic (exact) mass is 687 g/mol. The molecule has 47 heavy (non-hydrogen) atoms. The minimum Gasteiger partial charge on any atom is -0.495 e. The number of nitrogens with zero attached hydrogens (tertiary/aromatic N) is 2. The van der Waals surface area contributed by atoms with Gasteiger partial charge in [0.2, 0.25) is 0 Å². The summed E-state index contributed by atoms with van der Waals surface area (Å²) >= 11 is 6.11. The van der Waals surface area contributed by atoms with Crippen molar-refractivity contribution in [3.63, 3.8) is 0 Å². The van der Waals surface area contributed by atoms with Crippen molar-refractivity contribution in [2.45, 2.75) is 45.5 Å². The van der Waals surface area contributed by atoms with E-state index in [0.29, 0.717) is 23.1 Å². The molecule has 0 unspecified atom stereocenters. The summed E-state index contributed by atoms with van der Waals surface area (Å²) in [6, 6.07) is 6.22. The molecule has 0 saturated heterocycles. The summed E-state index contributed by atoms with van der Waals surface area (Å²) in [6.07, 6.45) is -9.34. The average Bonchev–Trinajstić information content (AvgIpc) is 2.95. The van der Waals surface area contributed by atoms with Crippen molar-refractivity contribution in [3.8, 4) is 11.8 Å². The van der Waals surface area contributed by atoms with Crippen LogP contribution in [-0.2, 0) is 17.5 Å². The lowest BCUT2D eigenvalue weighted by Gasteiger charge is -2.28. The number of carbonyl (C=O) groups is 3. The zero-order valence-electron chi connectivity index (χ0n) is 25.0. The first-order valence-electron chi connectivity index (χ1n) is 13.3. The fraction of sp³-hybridized carbons (Fsp3) is 0.290. The average molecular weight is 688 g/mol. The summed E-state index contributed by atoms with van der Waals surface area (Å²) < 4.78 is 106. The van der Waals surface area contributed by atoms with Gasteiger partial charge in [0.25, 0.3) is 12.3 Å². The number of hydrogen-bond donors (Lipinski definition) is 1. The zero-order valence-corrected chi connectivity index (χ0v) is 25.7. The number of alkyl halides is 5. The number of ketones is 1. The summed E-state index contributed by atoms with van der Waals surface area (Å²) in [7, 11) is 1.04. The molecule has 8 nitrogen and oxygen atoms in total. The van der Waals surface area contributed by atoms with Gasteiger partial charge < -0.3 is 14.8 Å². The lowest BCUT2D eigenvalue weighted by Crippen LogP contribution is -2.39. The zero-order chi connectivity index (χ0) is 35.4. The van der Waals surface area contributed by atoms with E-state index in [1.165, 1.54) is 20.8 Å². The van der Waals surface area contributed by atoms with Crippen LogP contribution in [-0.4, -0.2) is 48.4 Å². The summed E-state index contributed by atoms with van der Waals surface area (Å²) in [5, 5.41) is 12.0. The molecule has 0 saturated carbocycles. The van der Waals surface area contributed by atoms with Crippen LogP contribution in [0.25, 0.3) is 0 Å². The molecule has 0 fully saturated rings. The highest BCUT2D eigenvalue weighted by molar-refractivity contribution is 6.35. The number of halogens is 8. The molecule has 0 radical (unpaired) electrons. The molecule has 2 amide bonds. The molecular weight excluding hydrogens is 663 g/mol. The Kier molecular flexibility index (Phi) is 11.1. The third kappa shape index (κ3) is 9.13. The van der Waals surface area contributed by atoms with Gasteiger partial charge in [-0.25, -0.2) is 22.4 Å². The van der Waals surface area contributed by atoms with Gasteiger partial charge in [0.15, 0.2) is 5.78 Å². The van der Waals surface area contributed by atoms with Crippen LogP contribution in [0.15, 0.2) is 42.5 Å². The van der Waals surface area contributed by atoms with E-state index in [1.807, 2.05) is 0 Å². The van der Waals surface area contributed by atoms with Gasteiger partial charge in [0.05, 0.1) is 42.0 Å². The van der Waals surface area contributed by atoms with E-state index in [9.17, 15) is 50.4 Å². The SMILES string of the molecule is COc1c(CN(CC(F)F)C(=O)OC(C)(C)C)cc(NC(=O)c2cc(F)cc(C(F)(F)F)c2)c(C(=O)c2cc(F)ccc2Cl)c1C#N. The second-order valence-electron chi connectivity index (χ2n) is 10.9. The number of rotatable bonds is 9. The minimum absolute atomic E-state index is 0.144. The van der Waals surface area contributed by atoms with E-state index in [1.54, 1.807) is 6.07 Å². The number of carbonyl (C=O) groups excluding carboxylic acids is 3. The summed E-state index contributed by atoms with van der Waals surface area (Å²) in [5.41, 5.74) is -6.22. The second kappa shape index (κ2) is 14.3. The highest BCUT2D eigenvalue weighted by Gasteiger charge is 2.33. The van der Waals surface area contributed by atoms with Gasteiger partial charge in [-0.05, 0) is 63.2 Å². The van der Waals surface area contributed by atoms with Crippen LogP contribution < -0.4 is 10.1 Å². The molecular formula is C31H25ClF7N3O5. The lowest BCUT2D eigenvalue weighted by atomic mass is 9.93. The number of nitrogens with one attached hydrogen (secondary N) is 1. The number of amides is 2. The van der Waals surface area contributed by atoms with E-state index in [-0.39, 0.29) is 16.7 Å². The number of anilines is 1. The molecule has 0 bridgehead atoms. The fourth-order valence-corrected chi connectivity index (χ4v) is 4.50. The summed E-state index contributed by atoms with van der Waals surface area (Å²) in [6.45, 7) is 2.49. The Bertz CT molecular complexity index is 1750. The fourth-order valence-electron chi connectivity index (χ4n) is 4.30. The van der Waals surface area contributed by atoms with Gasteiger partial charge in [-0.2, -0.15) is 18.4 Å². The maximum Gasteiger partial charge on any atom is 0.416 e. The van der Waals surface area contributed by atoms with E-state index in [2.05, 4.69) is 5.32 Å². The highest BCUT2D eigenvalue weighted by atomic mass is 35.5. The molecule has 0 aromatic heterocycles. The predicted molar refractivity (Wildman–Crippen MR) is 155 cm³/mol. The molecule has 250 valence electrons. The quantitative estimate of drug-likeness (QED) is 0.180. The maximum atomic E-state index is 14.2. The number of benzene rings is 3. The Morgan fingerprint density at radius 1 is 1.02 bits per heavy atom. The van der Waals surface area contributed by atoms with Crippen LogP contribution in [0.4, 0.5) is 41.2 Å². The van der Waals surface area contributed by atoms with Gasteiger partial charge in [0.1, 0.15) is 34.6 Å².